The number of nitrogens with one attached hydrogen (secondary N) is 1. The van der Waals surface area contributed by atoms with Gasteiger partial charge in [0, 0.05) is 25.3 Å². The van der Waals surface area contributed by atoms with Crippen LogP contribution < -0.4 is 11.1 Å². The van der Waals surface area contributed by atoms with Crippen LogP contribution in [-0.2, 0) is 17.6 Å². The first-order chi connectivity index (χ1) is 11.6. The van der Waals surface area contributed by atoms with Crippen LogP contribution in [0.1, 0.15) is 36.9 Å². The third kappa shape index (κ3) is 4.45. The summed E-state index contributed by atoms with van der Waals surface area (Å²) in [6.07, 6.45) is 6.20. The van der Waals surface area contributed by atoms with E-state index in [0.29, 0.717) is 12.3 Å². The van der Waals surface area contributed by atoms with E-state index in [-0.39, 0.29) is 0 Å². The number of pyridine rings is 1. The van der Waals surface area contributed by atoms with Gasteiger partial charge in [0.15, 0.2) is 0 Å². The molecular formula is C18H28N4O2. The Kier molecular flexibility index (Phi) is 5.68. The number of aliphatic carboxylic acids is 1. The first-order valence-electron chi connectivity index (χ1n) is 9.05. The fraction of sp³-hybridized carbons (Fsp3) is 0.667. The summed E-state index contributed by atoms with van der Waals surface area (Å²) in [7, 11) is 0. The molecule has 1 aromatic rings. The molecule has 2 aliphatic heterocycles. The molecule has 6 heteroatoms. The molecule has 0 saturated carbocycles. The fourth-order valence-corrected chi connectivity index (χ4v) is 3.66. The average molecular weight is 332 g/mol. The Bertz CT molecular complexity index is 578. The zero-order valence-electron chi connectivity index (χ0n) is 14.2. The summed E-state index contributed by atoms with van der Waals surface area (Å²) in [5, 5.41) is 12.2. The minimum atomic E-state index is -0.905. The molecule has 24 heavy (non-hydrogen) atoms. The Labute approximate surface area is 143 Å². The van der Waals surface area contributed by atoms with E-state index in [1.807, 2.05) is 0 Å². The molecule has 3 rings (SSSR count). The summed E-state index contributed by atoms with van der Waals surface area (Å²) < 4.78 is 0. The van der Waals surface area contributed by atoms with Crippen molar-refractivity contribution in [2.45, 2.75) is 44.6 Å². The standard InChI is InChI=1S/C18H28N4O2/c19-16(18(23)24)8-11-22-10-7-13(12-22)3-5-15-6-4-14-2-1-9-20-17(14)21-15/h4,6,13,16H,1-3,5,7-12,19H2,(H,20,21)(H,23,24)/t13-,16+/m1/s1. The van der Waals surface area contributed by atoms with Crippen molar-refractivity contribution in [2.24, 2.45) is 11.7 Å². The van der Waals surface area contributed by atoms with Gasteiger partial charge < -0.3 is 21.1 Å². The van der Waals surface area contributed by atoms with E-state index in [1.54, 1.807) is 0 Å². The topological polar surface area (TPSA) is 91.5 Å². The molecule has 2 atom stereocenters. The van der Waals surface area contributed by atoms with Gasteiger partial charge in [-0.15, -0.1) is 0 Å². The van der Waals surface area contributed by atoms with Crippen LogP contribution in [0.4, 0.5) is 5.82 Å². The minimum Gasteiger partial charge on any atom is -0.480 e. The molecule has 0 radical (unpaired) electrons. The predicted octanol–water partition coefficient (Wildman–Crippen LogP) is 1.50. The molecule has 1 aromatic heterocycles. The van der Waals surface area contributed by atoms with Gasteiger partial charge >= 0.3 is 5.97 Å². The lowest BCUT2D eigenvalue weighted by Crippen LogP contribution is -2.34. The van der Waals surface area contributed by atoms with Gasteiger partial charge in [-0.1, -0.05) is 6.07 Å². The van der Waals surface area contributed by atoms with Crippen molar-refractivity contribution >= 4 is 11.8 Å². The number of carboxylic acids is 1. The van der Waals surface area contributed by atoms with Crippen LogP contribution in [0.3, 0.4) is 0 Å². The highest BCUT2D eigenvalue weighted by Crippen LogP contribution is 2.24. The molecule has 132 valence electrons. The fourth-order valence-electron chi connectivity index (χ4n) is 3.66. The third-order valence-corrected chi connectivity index (χ3v) is 5.20. The van der Waals surface area contributed by atoms with Crippen LogP contribution in [0.5, 0.6) is 0 Å². The first-order valence-corrected chi connectivity index (χ1v) is 9.05. The summed E-state index contributed by atoms with van der Waals surface area (Å²) in [6, 6.07) is 3.65. The van der Waals surface area contributed by atoms with Gasteiger partial charge in [-0.05, 0) is 62.6 Å². The molecule has 0 unspecified atom stereocenters. The molecular weight excluding hydrogens is 304 g/mol. The van der Waals surface area contributed by atoms with Crippen LogP contribution in [0.15, 0.2) is 12.1 Å². The lowest BCUT2D eigenvalue weighted by Gasteiger charge is -2.18. The number of nitrogens with two attached hydrogens (primary N) is 1. The van der Waals surface area contributed by atoms with Gasteiger partial charge in [0.2, 0.25) is 0 Å². The van der Waals surface area contributed by atoms with Gasteiger partial charge in [0.1, 0.15) is 11.9 Å². The zero-order chi connectivity index (χ0) is 16.9. The zero-order valence-corrected chi connectivity index (χ0v) is 14.2. The highest BCUT2D eigenvalue weighted by Gasteiger charge is 2.23. The van der Waals surface area contributed by atoms with Crippen LogP contribution in [0, 0.1) is 5.92 Å². The number of hydrogen-bond donors (Lipinski definition) is 3. The maximum absolute atomic E-state index is 10.8. The molecule has 0 bridgehead atoms. The quantitative estimate of drug-likeness (QED) is 0.701. The van der Waals surface area contributed by atoms with Crippen molar-refractivity contribution in [3.8, 4) is 0 Å². The molecule has 2 aliphatic rings. The van der Waals surface area contributed by atoms with Crippen LogP contribution in [0.25, 0.3) is 0 Å². The highest BCUT2D eigenvalue weighted by atomic mass is 16.4. The van der Waals surface area contributed by atoms with E-state index in [2.05, 4.69) is 22.3 Å². The Balaban J connectivity index is 1.42. The maximum atomic E-state index is 10.8. The Morgan fingerprint density at radius 2 is 2.38 bits per heavy atom. The van der Waals surface area contributed by atoms with Crippen LogP contribution in [0.2, 0.25) is 0 Å². The van der Waals surface area contributed by atoms with Gasteiger partial charge in [0.05, 0.1) is 0 Å². The number of nitrogens with zero attached hydrogens (tertiary/aromatic N) is 2. The molecule has 0 aromatic carbocycles. The Hall–Kier alpha value is -1.66. The maximum Gasteiger partial charge on any atom is 0.320 e. The van der Waals surface area contributed by atoms with Gasteiger partial charge in [-0.25, -0.2) is 4.98 Å². The lowest BCUT2D eigenvalue weighted by molar-refractivity contribution is -0.138. The van der Waals surface area contributed by atoms with E-state index in [1.165, 1.54) is 24.1 Å². The highest BCUT2D eigenvalue weighted by molar-refractivity contribution is 5.72. The SMILES string of the molecule is N[C@@H](CCN1CC[C@@H](CCc2ccc3c(n2)NCCC3)C1)C(=O)O. The minimum absolute atomic E-state index is 0.528. The summed E-state index contributed by atoms with van der Waals surface area (Å²) in [5.74, 6) is 0.851. The molecule has 1 saturated heterocycles. The van der Waals surface area contributed by atoms with Gasteiger partial charge in [0.25, 0.3) is 0 Å². The van der Waals surface area contributed by atoms with Crippen LogP contribution in [-0.4, -0.2) is 53.2 Å². The molecule has 0 aliphatic carbocycles. The molecule has 0 spiro atoms. The average Bonchev–Trinajstić information content (AvgIpc) is 3.05. The molecule has 1 fully saturated rings. The normalized spacial score (nSPS) is 22.0. The number of aromatic nitrogens is 1. The van der Waals surface area contributed by atoms with Crippen molar-refractivity contribution in [1.29, 1.82) is 0 Å². The predicted molar refractivity (Wildman–Crippen MR) is 94.1 cm³/mol. The van der Waals surface area contributed by atoms with Crippen molar-refractivity contribution in [3.05, 3.63) is 23.4 Å². The third-order valence-electron chi connectivity index (χ3n) is 5.20. The van der Waals surface area contributed by atoms with Crippen molar-refractivity contribution in [3.63, 3.8) is 0 Å². The van der Waals surface area contributed by atoms with Crippen molar-refractivity contribution in [1.82, 2.24) is 9.88 Å². The molecule has 3 heterocycles. The summed E-state index contributed by atoms with van der Waals surface area (Å²) in [5.41, 5.74) is 8.09. The second kappa shape index (κ2) is 7.94. The number of hydrogen-bond acceptors (Lipinski definition) is 5. The number of carbonyl (C=O) groups is 1. The number of rotatable bonds is 7. The molecule has 6 nitrogen and oxygen atoms in total. The van der Waals surface area contributed by atoms with E-state index in [9.17, 15) is 4.79 Å². The number of aryl methyl sites for hydroxylation is 2. The van der Waals surface area contributed by atoms with Gasteiger partial charge in [-0.3, -0.25) is 4.79 Å². The smallest absolute Gasteiger partial charge is 0.320 e. The number of likely N-dealkylation sites (tertiary alicyclic amines) is 1. The second-order valence-electron chi connectivity index (χ2n) is 7.07. The first kappa shape index (κ1) is 17.2. The summed E-state index contributed by atoms with van der Waals surface area (Å²) >= 11 is 0. The second-order valence-corrected chi connectivity index (χ2v) is 7.07. The molecule has 4 N–H and O–H groups in total. The van der Waals surface area contributed by atoms with Crippen molar-refractivity contribution < 1.29 is 9.90 Å². The van der Waals surface area contributed by atoms with E-state index in [0.717, 1.165) is 51.3 Å². The number of carboxylic acid groups (broad SMARTS) is 1. The van der Waals surface area contributed by atoms with Crippen molar-refractivity contribution in [2.75, 3.05) is 31.5 Å². The van der Waals surface area contributed by atoms with Crippen LogP contribution >= 0.6 is 0 Å². The lowest BCUT2D eigenvalue weighted by atomic mass is 10.00. The number of anilines is 1. The van der Waals surface area contributed by atoms with E-state index in [4.69, 9.17) is 15.8 Å². The monoisotopic (exact) mass is 332 g/mol. The summed E-state index contributed by atoms with van der Waals surface area (Å²) in [4.78, 5) is 17.9. The largest absolute Gasteiger partial charge is 0.480 e. The van der Waals surface area contributed by atoms with E-state index < -0.39 is 12.0 Å². The summed E-state index contributed by atoms with van der Waals surface area (Å²) in [6.45, 7) is 3.91. The Morgan fingerprint density at radius 3 is 3.21 bits per heavy atom. The number of fused-ring (bicyclic) bond motifs is 1. The Morgan fingerprint density at radius 1 is 1.50 bits per heavy atom. The van der Waals surface area contributed by atoms with E-state index >= 15 is 0 Å². The van der Waals surface area contributed by atoms with Gasteiger partial charge in [-0.2, -0.15) is 0 Å². The molecule has 0 amide bonds.